The Hall–Kier alpha value is -0.500. The monoisotopic (exact) mass is 347 g/mol. The topological polar surface area (TPSA) is 50.2 Å². The first-order valence-electron chi connectivity index (χ1n) is 3.74. The molecular weight excluding hydrogens is 342 g/mol. The smallest absolute Gasteiger partial charge is 0.355 e. The van der Waals surface area contributed by atoms with Gasteiger partial charge in [-0.25, -0.2) is 18.6 Å². The minimum atomic E-state index is -2.74. The Labute approximate surface area is 103 Å². The van der Waals surface area contributed by atoms with Crippen LogP contribution in [0, 0.1) is 3.57 Å². The molecule has 1 aromatic rings. The molecule has 15 heavy (non-hydrogen) atoms. The number of carbonyl (C=O) groups is 1. The highest BCUT2D eigenvalue weighted by atomic mass is 127. The molecule has 7 heteroatoms. The SMILES string of the molecule is O=C(O)c1nc(CCl)cc(C(F)F)c1I. The lowest BCUT2D eigenvalue weighted by molar-refractivity contribution is 0.0688. The van der Waals surface area contributed by atoms with Gasteiger partial charge in [-0.15, -0.1) is 11.6 Å². The van der Waals surface area contributed by atoms with E-state index in [0.29, 0.717) is 0 Å². The van der Waals surface area contributed by atoms with Crippen LogP contribution in [0.25, 0.3) is 0 Å². The minimum Gasteiger partial charge on any atom is -0.476 e. The number of halogens is 4. The van der Waals surface area contributed by atoms with Gasteiger partial charge >= 0.3 is 5.97 Å². The molecule has 0 aliphatic heterocycles. The van der Waals surface area contributed by atoms with E-state index >= 15 is 0 Å². The van der Waals surface area contributed by atoms with Gasteiger partial charge in [-0.05, 0) is 28.7 Å². The summed E-state index contributed by atoms with van der Waals surface area (Å²) >= 11 is 6.97. The Morgan fingerprint density at radius 1 is 1.67 bits per heavy atom. The number of hydrogen-bond donors (Lipinski definition) is 1. The van der Waals surface area contributed by atoms with E-state index in [0.717, 1.165) is 6.07 Å². The fraction of sp³-hybridized carbons (Fsp3) is 0.250. The molecule has 1 heterocycles. The Bertz CT molecular complexity index is 400. The largest absolute Gasteiger partial charge is 0.476 e. The second-order valence-electron chi connectivity index (χ2n) is 2.60. The lowest BCUT2D eigenvalue weighted by atomic mass is 10.2. The molecule has 1 aromatic heterocycles. The van der Waals surface area contributed by atoms with Crippen LogP contribution in [0.5, 0.6) is 0 Å². The summed E-state index contributed by atoms with van der Waals surface area (Å²) in [6.45, 7) is 0. The number of carboxylic acid groups (broad SMARTS) is 1. The van der Waals surface area contributed by atoms with Crippen LogP contribution in [0.2, 0.25) is 0 Å². The highest BCUT2D eigenvalue weighted by molar-refractivity contribution is 14.1. The molecule has 0 aromatic carbocycles. The van der Waals surface area contributed by atoms with Crippen molar-refractivity contribution in [2.45, 2.75) is 12.3 Å². The third kappa shape index (κ3) is 2.75. The third-order valence-electron chi connectivity index (χ3n) is 1.61. The lowest BCUT2D eigenvalue weighted by Gasteiger charge is -2.07. The first-order valence-corrected chi connectivity index (χ1v) is 5.35. The zero-order chi connectivity index (χ0) is 11.6. The molecule has 0 saturated heterocycles. The Morgan fingerprint density at radius 3 is 2.67 bits per heavy atom. The number of pyridine rings is 1. The zero-order valence-electron chi connectivity index (χ0n) is 7.18. The van der Waals surface area contributed by atoms with Crippen molar-refractivity contribution in [1.82, 2.24) is 4.98 Å². The predicted molar refractivity (Wildman–Crippen MR) is 58.4 cm³/mol. The summed E-state index contributed by atoms with van der Waals surface area (Å²) in [7, 11) is 0. The van der Waals surface area contributed by atoms with E-state index in [-0.39, 0.29) is 26.4 Å². The minimum absolute atomic E-state index is 0.0519. The van der Waals surface area contributed by atoms with Gasteiger partial charge in [-0.3, -0.25) is 0 Å². The Balaban J connectivity index is 3.40. The average molecular weight is 347 g/mol. The molecule has 0 saturated carbocycles. The number of alkyl halides is 3. The van der Waals surface area contributed by atoms with Gasteiger partial charge in [0.1, 0.15) is 0 Å². The van der Waals surface area contributed by atoms with Gasteiger partial charge < -0.3 is 5.11 Å². The van der Waals surface area contributed by atoms with Gasteiger partial charge in [0.25, 0.3) is 6.43 Å². The summed E-state index contributed by atoms with van der Waals surface area (Å²) in [6.07, 6.45) is -2.74. The van der Waals surface area contributed by atoms with Crippen molar-refractivity contribution in [3.8, 4) is 0 Å². The number of aromatic nitrogens is 1. The fourth-order valence-electron chi connectivity index (χ4n) is 0.973. The standard InChI is InChI=1S/C8H5ClF2INO2/c9-2-3-1-4(7(10)11)5(12)6(13-3)8(14)15/h1,7H,2H2,(H,14,15). The van der Waals surface area contributed by atoms with Crippen LogP contribution < -0.4 is 0 Å². The van der Waals surface area contributed by atoms with Gasteiger partial charge in [0.15, 0.2) is 5.69 Å². The second kappa shape index (κ2) is 5.02. The van der Waals surface area contributed by atoms with Crippen molar-refractivity contribution >= 4 is 40.2 Å². The quantitative estimate of drug-likeness (QED) is 0.675. The summed E-state index contributed by atoms with van der Waals surface area (Å²) in [5, 5.41) is 8.74. The van der Waals surface area contributed by atoms with Crippen LogP contribution in [-0.2, 0) is 5.88 Å². The lowest BCUT2D eigenvalue weighted by Crippen LogP contribution is -2.09. The number of carboxylic acids is 1. The zero-order valence-corrected chi connectivity index (χ0v) is 10.1. The highest BCUT2D eigenvalue weighted by Crippen LogP contribution is 2.27. The molecule has 82 valence electrons. The average Bonchev–Trinajstić information content (AvgIpc) is 2.17. The third-order valence-corrected chi connectivity index (χ3v) is 3.02. The van der Waals surface area contributed by atoms with E-state index in [9.17, 15) is 13.6 Å². The van der Waals surface area contributed by atoms with Crippen LogP contribution in [0.3, 0.4) is 0 Å². The molecular formula is C8H5ClF2INO2. The summed E-state index contributed by atoms with van der Waals surface area (Å²) in [6, 6.07) is 1.12. The summed E-state index contributed by atoms with van der Waals surface area (Å²) < 4.78 is 25.0. The molecule has 0 unspecified atom stereocenters. The van der Waals surface area contributed by atoms with Crippen molar-refractivity contribution in [3.05, 3.63) is 26.6 Å². The summed E-state index contributed by atoms with van der Waals surface area (Å²) in [5.74, 6) is -1.44. The van der Waals surface area contributed by atoms with Gasteiger partial charge in [0.05, 0.1) is 15.1 Å². The molecule has 1 N–H and O–H groups in total. The van der Waals surface area contributed by atoms with Crippen LogP contribution in [-0.4, -0.2) is 16.1 Å². The van der Waals surface area contributed by atoms with Gasteiger partial charge in [0.2, 0.25) is 0 Å². The molecule has 3 nitrogen and oxygen atoms in total. The van der Waals surface area contributed by atoms with E-state index in [2.05, 4.69) is 4.98 Å². The molecule has 0 amide bonds. The molecule has 1 rings (SSSR count). The van der Waals surface area contributed by atoms with E-state index in [1.807, 2.05) is 0 Å². The van der Waals surface area contributed by atoms with Crippen LogP contribution in [0.1, 0.15) is 28.2 Å². The van der Waals surface area contributed by atoms with Crippen molar-refractivity contribution in [2.24, 2.45) is 0 Å². The summed E-state index contributed by atoms with van der Waals surface area (Å²) in [4.78, 5) is 14.4. The first-order chi connectivity index (χ1) is 6.97. The normalized spacial score (nSPS) is 10.7. The highest BCUT2D eigenvalue weighted by Gasteiger charge is 2.20. The molecule has 0 aliphatic carbocycles. The number of rotatable bonds is 3. The Morgan fingerprint density at radius 2 is 2.27 bits per heavy atom. The molecule has 0 fully saturated rings. The maximum atomic E-state index is 12.5. The van der Waals surface area contributed by atoms with Crippen LogP contribution in [0.4, 0.5) is 8.78 Å². The molecule has 0 atom stereocenters. The molecule has 0 radical (unpaired) electrons. The van der Waals surface area contributed by atoms with E-state index in [1.165, 1.54) is 22.6 Å². The summed E-state index contributed by atoms with van der Waals surface area (Å²) in [5.41, 5.74) is -0.604. The van der Waals surface area contributed by atoms with Crippen molar-refractivity contribution in [3.63, 3.8) is 0 Å². The molecule has 0 bridgehead atoms. The van der Waals surface area contributed by atoms with Gasteiger partial charge in [-0.2, -0.15) is 0 Å². The van der Waals surface area contributed by atoms with Gasteiger partial charge in [0, 0.05) is 5.56 Å². The molecule has 0 spiro atoms. The maximum Gasteiger partial charge on any atom is 0.355 e. The fourth-order valence-corrected chi connectivity index (χ4v) is 1.85. The van der Waals surface area contributed by atoms with E-state index < -0.39 is 12.4 Å². The van der Waals surface area contributed by atoms with E-state index in [1.54, 1.807) is 0 Å². The second-order valence-corrected chi connectivity index (χ2v) is 3.95. The number of hydrogen-bond acceptors (Lipinski definition) is 2. The van der Waals surface area contributed by atoms with Crippen molar-refractivity contribution < 1.29 is 18.7 Å². The van der Waals surface area contributed by atoms with Gasteiger partial charge in [-0.1, -0.05) is 0 Å². The number of nitrogens with zero attached hydrogens (tertiary/aromatic N) is 1. The predicted octanol–water partition coefficient (Wildman–Crippen LogP) is 3.06. The Kier molecular flexibility index (Phi) is 4.21. The first kappa shape index (κ1) is 12.6. The van der Waals surface area contributed by atoms with Crippen molar-refractivity contribution in [1.29, 1.82) is 0 Å². The van der Waals surface area contributed by atoms with Crippen LogP contribution >= 0.6 is 34.2 Å². The van der Waals surface area contributed by atoms with Crippen LogP contribution in [0.15, 0.2) is 6.07 Å². The number of aromatic carboxylic acids is 1. The van der Waals surface area contributed by atoms with E-state index in [4.69, 9.17) is 16.7 Å². The molecule has 0 aliphatic rings. The maximum absolute atomic E-state index is 12.5. The van der Waals surface area contributed by atoms with Crippen molar-refractivity contribution in [2.75, 3.05) is 0 Å².